The molecule has 2 fully saturated rings. The molecule has 2 aromatic rings. The SMILES string of the molecule is C=C[C@@H]1O[C@@H]2C3=C(C)[C@@H](OC(=O)[C@H](C)[C@@H](NC(=O)OC(C)(C)C)c4ncccc4F)C[C@@](O)([C@@H](OC(=O)c4ccccc4)[C@H]4[C@@](C)(C=C[C@@H](O)[C@]4(CC)OC(C)=O)[C@@H]2O1)C3(C)C. The lowest BCUT2D eigenvalue weighted by molar-refractivity contribution is -0.263. The van der Waals surface area contributed by atoms with E-state index in [0.717, 1.165) is 6.07 Å². The van der Waals surface area contributed by atoms with Crippen LogP contribution in [0.3, 0.4) is 0 Å². The van der Waals surface area contributed by atoms with Crippen molar-refractivity contribution in [3.8, 4) is 0 Å². The van der Waals surface area contributed by atoms with E-state index in [2.05, 4.69) is 16.9 Å². The summed E-state index contributed by atoms with van der Waals surface area (Å²) in [7, 11) is 0. The Labute approximate surface area is 361 Å². The molecule has 4 aliphatic rings. The van der Waals surface area contributed by atoms with Gasteiger partial charge in [0.2, 0.25) is 0 Å². The van der Waals surface area contributed by atoms with E-state index in [0.29, 0.717) is 11.1 Å². The van der Waals surface area contributed by atoms with Crippen molar-refractivity contribution in [1.29, 1.82) is 0 Å². The molecule has 2 heterocycles. The highest BCUT2D eigenvalue weighted by Gasteiger charge is 2.74. The van der Waals surface area contributed by atoms with Crippen LogP contribution in [0.25, 0.3) is 0 Å². The van der Waals surface area contributed by atoms with E-state index in [-0.39, 0.29) is 24.1 Å². The third kappa shape index (κ3) is 8.08. The summed E-state index contributed by atoms with van der Waals surface area (Å²) in [6.07, 6.45) is -2.43. The molecule has 0 radical (unpaired) electrons. The average molecular weight is 863 g/mol. The molecule has 62 heavy (non-hydrogen) atoms. The van der Waals surface area contributed by atoms with E-state index < -0.39 is 112 Å². The lowest BCUT2D eigenvalue weighted by Crippen LogP contribution is -2.74. The average Bonchev–Trinajstić information content (AvgIpc) is 3.63. The molecule has 0 spiro atoms. The number of hydrogen-bond acceptors (Lipinski definition) is 13. The first-order valence-electron chi connectivity index (χ1n) is 21.0. The second-order valence-corrected chi connectivity index (χ2v) is 18.5. The molecule has 1 aromatic heterocycles. The van der Waals surface area contributed by atoms with Crippen LogP contribution in [-0.4, -0.2) is 92.8 Å². The minimum Gasteiger partial charge on any atom is -0.457 e. The van der Waals surface area contributed by atoms with Gasteiger partial charge in [0.1, 0.15) is 53.1 Å². The topological polar surface area (TPSA) is 189 Å². The number of halogens is 1. The lowest BCUT2D eigenvalue weighted by atomic mass is 9.46. The Morgan fingerprint density at radius 3 is 2.35 bits per heavy atom. The number of nitrogens with one attached hydrogen (secondary N) is 1. The zero-order valence-corrected chi connectivity index (χ0v) is 37.0. The Morgan fingerprint density at radius 2 is 1.76 bits per heavy atom. The van der Waals surface area contributed by atoms with E-state index in [1.54, 1.807) is 84.9 Å². The summed E-state index contributed by atoms with van der Waals surface area (Å²) in [4.78, 5) is 59.3. The third-order valence-electron chi connectivity index (χ3n) is 13.2. The third-order valence-corrected chi connectivity index (χ3v) is 13.2. The number of rotatable bonds is 10. The van der Waals surface area contributed by atoms with Crippen molar-refractivity contribution < 1.29 is 62.2 Å². The molecule has 15 heteroatoms. The van der Waals surface area contributed by atoms with Crippen LogP contribution in [0.15, 0.2) is 84.6 Å². The maximum absolute atomic E-state index is 15.4. The van der Waals surface area contributed by atoms with E-state index in [4.69, 9.17) is 28.4 Å². The number of esters is 3. The normalized spacial score (nSPS) is 33.3. The monoisotopic (exact) mass is 862 g/mol. The Balaban J connectivity index is 1.55. The molecule has 1 saturated heterocycles. The molecule has 336 valence electrons. The van der Waals surface area contributed by atoms with Gasteiger partial charge in [-0.05, 0) is 82.5 Å². The molecular weight excluding hydrogens is 804 g/mol. The second-order valence-electron chi connectivity index (χ2n) is 18.5. The maximum Gasteiger partial charge on any atom is 0.408 e. The van der Waals surface area contributed by atoms with Crippen LogP contribution >= 0.6 is 0 Å². The van der Waals surface area contributed by atoms with Crippen LogP contribution in [0.1, 0.15) is 104 Å². The van der Waals surface area contributed by atoms with Gasteiger partial charge in [0.25, 0.3) is 0 Å². The number of benzene rings is 1. The number of aliphatic hydroxyl groups excluding tert-OH is 1. The Morgan fingerprint density at radius 1 is 1.08 bits per heavy atom. The van der Waals surface area contributed by atoms with Gasteiger partial charge in [0.15, 0.2) is 6.29 Å². The van der Waals surface area contributed by atoms with Gasteiger partial charge in [-0.3, -0.25) is 14.6 Å². The zero-order valence-electron chi connectivity index (χ0n) is 37.0. The van der Waals surface area contributed by atoms with Crippen molar-refractivity contribution in [3.63, 3.8) is 0 Å². The van der Waals surface area contributed by atoms with Crippen molar-refractivity contribution in [2.75, 3.05) is 0 Å². The van der Waals surface area contributed by atoms with Crippen LogP contribution < -0.4 is 5.32 Å². The number of aromatic nitrogens is 1. The quantitative estimate of drug-likeness (QED) is 0.132. The molecular formula is C47H59FN2O12. The number of ether oxygens (including phenoxy) is 6. The van der Waals surface area contributed by atoms with Crippen LogP contribution in [0.5, 0.6) is 0 Å². The molecule has 0 unspecified atom stereocenters. The summed E-state index contributed by atoms with van der Waals surface area (Å²) < 4.78 is 53.2. The van der Waals surface area contributed by atoms with E-state index in [1.807, 2.05) is 6.92 Å². The fourth-order valence-corrected chi connectivity index (χ4v) is 10.1. The molecule has 1 aromatic carbocycles. The van der Waals surface area contributed by atoms with Gasteiger partial charge >= 0.3 is 24.0 Å². The highest BCUT2D eigenvalue weighted by molar-refractivity contribution is 5.89. The predicted octanol–water partition coefficient (Wildman–Crippen LogP) is 6.61. The summed E-state index contributed by atoms with van der Waals surface area (Å²) >= 11 is 0. The Bertz CT molecular complexity index is 2130. The second kappa shape index (κ2) is 17.0. The number of nitrogens with zero attached hydrogens (tertiary/aromatic N) is 1. The first-order chi connectivity index (χ1) is 29.0. The number of carbonyl (C=O) groups excluding carboxylic acids is 4. The number of fused-ring (bicyclic) bond motifs is 6. The first kappa shape index (κ1) is 46.5. The number of aliphatic hydroxyl groups is 2. The Hall–Kier alpha value is -4.96. The van der Waals surface area contributed by atoms with Crippen LogP contribution in [0.4, 0.5) is 9.18 Å². The van der Waals surface area contributed by atoms with Crippen molar-refractivity contribution in [2.45, 2.75) is 142 Å². The van der Waals surface area contributed by atoms with Crippen LogP contribution in [-0.2, 0) is 38.0 Å². The standard InChI is InChI=1S/C47H59FN2O12/c1-12-32-58-36-33-25(3)30(57-40(53)26(4)34(35-29(48)20-17-23-49-35)50-42(55)62-43(6,7)8)24-47(56,44(33,9)10)39(60-41(54)28-18-15-14-16-19-28)37-45(11,38(36)59-32)22-21-31(52)46(37,13-2)61-27(5)51/h12,14-23,26,30-32,34,36-39,52,56H,1,13,24H2,2-11H3,(H,50,55)/t26-,30+,31-,32-,34-,36-,37+,38-,39+,45-,46+,47-/m1/s1. The lowest BCUT2D eigenvalue weighted by Gasteiger charge is -2.64. The molecule has 3 aliphatic carbocycles. The molecule has 14 nitrogen and oxygen atoms in total. The fourth-order valence-electron chi connectivity index (χ4n) is 10.1. The maximum atomic E-state index is 15.4. The van der Waals surface area contributed by atoms with Gasteiger partial charge in [-0.2, -0.15) is 0 Å². The summed E-state index contributed by atoms with van der Waals surface area (Å²) in [6.45, 7) is 20.4. The number of carbonyl (C=O) groups is 4. The predicted molar refractivity (Wildman–Crippen MR) is 222 cm³/mol. The number of amides is 1. The molecule has 12 atom stereocenters. The summed E-state index contributed by atoms with van der Waals surface area (Å²) in [5, 5.41) is 28.4. The van der Waals surface area contributed by atoms with Gasteiger partial charge < -0.3 is 44.0 Å². The van der Waals surface area contributed by atoms with E-state index in [9.17, 15) is 29.4 Å². The molecule has 1 saturated carbocycles. The summed E-state index contributed by atoms with van der Waals surface area (Å²) in [6, 6.07) is 9.32. The van der Waals surface area contributed by atoms with Gasteiger partial charge in [-0.1, -0.05) is 64.6 Å². The summed E-state index contributed by atoms with van der Waals surface area (Å²) in [5.41, 5.74) is -6.69. The zero-order chi connectivity index (χ0) is 45.7. The number of pyridine rings is 1. The molecule has 1 amide bonds. The Kier molecular flexibility index (Phi) is 12.7. The fraction of sp³-hybridized carbons (Fsp3) is 0.553. The number of alkyl carbamates (subject to hydrolysis) is 1. The highest BCUT2D eigenvalue weighted by atomic mass is 19.1. The van der Waals surface area contributed by atoms with Crippen molar-refractivity contribution in [3.05, 3.63) is 102 Å². The minimum atomic E-state index is -2.18. The van der Waals surface area contributed by atoms with E-state index in [1.165, 1.54) is 38.3 Å². The summed E-state index contributed by atoms with van der Waals surface area (Å²) in [5.74, 6) is -5.74. The first-order valence-corrected chi connectivity index (χ1v) is 21.0. The molecule has 3 N–H and O–H groups in total. The molecule has 6 rings (SSSR count). The molecule has 1 aliphatic heterocycles. The highest BCUT2D eigenvalue weighted by Crippen LogP contribution is 2.64. The van der Waals surface area contributed by atoms with Crippen molar-refractivity contribution >= 4 is 24.0 Å². The van der Waals surface area contributed by atoms with Gasteiger partial charge in [-0.25, -0.2) is 14.0 Å². The van der Waals surface area contributed by atoms with E-state index >= 15 is 4.39 Å². The van der Waals surface area contributed by atoms with Gasteiger partial charge in [0.05, 0.1) is 29.1 Å². The van der Waals surface area contributed by atoms with Gasteiger partial charge in [-0.15, -0.1) is 0 Å². The van der Waals surface area contributed by atoms with Crippen LogP contribution in [0, 0.1) is 28.5 Å². The largest absolute Gasteiger partial charge is 0.457 e. The smallest absolute Gasteiger partial charge is 0.408 e. The number of hydrogen-bond donors (Lipinski definition) is 3. The van der Waals surface area contributed by atoms with Gasteiger partial charge in [0, 0.05) is 30.4 Å². The van der Waals surface area contributed by atoms with Crippen molar-refractivity contribution in [1.82, 2.24) is 10.3 Å². The minimum absolute atomic E-state index is 0.00510. The molecule has 2 bridgehead atoms. The van der Waals surface area contributed by atoms with Crippen molar-refractivity contribution in [2.24, 2.45) is 22.7 Å². The van der Waals surface area contributed by atoms with Crippen LogP contribution in [0.2, 0.25) is 0 Å².